The zero-order chi connectivity index (χ0) is 11.5. The van der Waals surface area contributed by atoms with Crippen LogP contribution in [0.15, 0.2) is 12.3 Å². The topological polar surface area (TPSA) is 21.3 Å². The van der Waals surface area contributed by atoms with Gasteiger partial charge in [0.25, 0.3) is 0 Å². The molecule has 2 nitrogen and oxygen atoms in total. The van der Waals surface area contributed by atoms with Crippen LogP contribution in [-0.2, 0) is 4.74 Å². The van der Waals surface area contributed by atoms with E-state index in [0.29, 0.717) is 12.0 Å². The average Bonchev–Trinajstić information content (AvgIpc) is 2.18. The van der Waals surface area contributed by atoms with Crippen LogP contribution in [0.2, 0.25) is 0 Å². The second-order valence-corrected chi connectivity index (χ2v) is 5.33. The van der Waals surface area contributed by atoms with E-state index in [2.05, 4.69) is 39.6 Å². The molecule has 0 unspecified atom stereocenters. The summed E-state index contributed by atoms with van der Waals surface area (Å²) < 4.78 is 5.40. The second kappa shape index (κ2) is 5.02. The maximum atomic E-state index is 5.40. The molecule has 1 rings (SSSR count). The normalized spacial score (nSPS) is 22.5. The number of nitrogens with one attached hydrogen (secondary N) is 1. The molecule has 0 aromatic carbocycles. The van der Waals surface area contributed by atoms with E-state index in [0.717, 1.165) is 26.1 Å². The van der Waals surface area contributed by atoms with Gasteiger partial charge in [0.15, 0.2) is 0 Å². The Morgan fingerprint density at radius 1 is 1.27 bits per heavy atom. The van der Waals surface area contributed by atoms with Crippen molar-refractivity contribution in [2.45, 2.75) is 46.6 Å². The highest BCUT2D eigenvalue weighted by atomic mass is 16.5. The molecule has 15 heavy (non-hydrogen) atoms. The number of rotatable bonds is 4. The first-order valence-electron chi connectivity index (χ1n) is 5.99. The lowest BCUT2D eigenvalue weighted by atomic mass is 9.79. The van der Waals surface area contributed by atoms with E-state index in [9.17, 15) is 0 Å². The predicted molar refractivity (Wildman–Crippen MR) is 64.7 cm³/mol. The predicted octanol–water partition coefficient (Wildman–Crippen LogP) is 2.95. The van der Waals surface area contributed by atoms with Gasteiger partial charge in [0.05, 0.1) is 0 Å². The number of hydrogen-bond donors (Lipinski definition) is 1. The third-order valence-corrected chi connectivity index (χ3v) is 3.73. The summed E-state index contributed by atoms with van der Waals surface area (Å²) in [5.41, 5.74) is 1.41. The van der Waals surface area contributed by atoms with Crippen LogP contribution in [0.4, 0.5) is 0 Å². The lowest BCUT2D eigenvalue weighted by molar-refractivity contribution is 0.0367. The smallest absolute Gasteiger partial charge is 0.0475 e. The highest BCUT2D eigenvalue weighted by molar-refractivity contribution is 5.08. The monoisotopic (exact) mass is 211 g/mol. The minimum Gasteiger partial charge on any atom is -0.386 e. The summed E-state index contributed by atoms with van der Waals surface area (Å²) >= 11 is 0. The molecule has 1 atom stereocenters. The van der Waals surface area contributed by atoms with Crippen molar-refractivity contribution in [3.63, 3.8) is 0 Å². The summed E-state index contributed by atoms with van der Waals surface area (Å²) in [6.45, 7) is 14.9. The molecule has 1 saturated heterocycles. The number of hydrogen-bond acceptors (Lipinski definition) is 2. The van der Waals surface area contributed by atoms with E-state index in [4.69, 9.17) is 4.74 Å². The third-order valence-electron chi connectivity index (χ3n) is 3.73. The molecule has 0 aromatic rings. The van der Waals surface area contributed by atoms with Crippen molar-refractivity contribution in [1.29, 1.82) is 0 Å². The van der Waals surface area contributed by atoms with Crippen molar-refractivity contribution in [3.05, 3.63) is 12.3 Å². The zero-order valence-electron chi connectivity index (χ0n) is 10.6. The van der Waals surface area contributed by atoms with Gasteiger partial charge >= 0.3 is 0 Å². The van der Waals surface area contributed by atoms with Gasteiger partial charge < -0.3 is 10.1 Å². The summed E-state index contributed by atoms with van der Waals surface area (Å²) in [7, 11) is 0. The molecule has 1 N–H and O–H groups in total. The minimum absolute atomic E-state index is 0.224. The van der Waals surface area contributed by atoms with Crippen molar-refractivity contribution in [1.82, 2.24) is 5.32 Å². The molecule has 1 heterocycles. The van der Waals surface area contributed by atoms with E-state index < -0.39 is 0 Å². The van der Waals surface area contributed by atoms with Crippen LogP contribution in [0.1, 0.15) is 40.5 Å². The third kappa shape index (κ3) is 3.23. The van der Waals surface area contributed by atoms with Gasteiger partial charge in [-0.05, 0) is 25.7 Å². The maximum absolute atomic E-state index is 5.40. The number of allylic oxidation sites excluding steroid dienone is 1. The van der Waals surface area contributed by atoms with Gasteiger partial charge in [-0.3, -0.25) is 0 Å². The summed E-state index contributed by atoms with van der Waals surface area (Å²) in [4.78, 5) is 0. The lowest BCUT2D eigenvalue weighted by Gasteiger charge is -2.37. The summed E-state index contributed by atoms with van der Waals surface area (Å²) in [5, 5.41) is 3.54. The largest absolute Gasteiger partial charge is 0.386 e. The highest BCUT2D eigenvalue weighted by Crippen LogP contribution is 2.35. The van der Waals surface area contributed by atoms with Crippen LogP contribution in [0, 0.1) is 11.3 Å². The van der Waals surface area contributed by atoms with Gasteiger partial charge in [-0.1, -0.05) is 27.4 Å². The molecule has 2 heteroatoms. The molecule has 1 fully saturated rings. The van der Waals surface area contributed by atoms with Crippen molar-refractivity contribution >= 4 is 0 Å². The fourth-order valence-corrected chi connectivity index (χ4v) is 1.74. The Hall–Kier alpha value is -0.500. The van der Waals surface area contributed by atoms with E-state index in [-0.39, 0.29) is 5.41 Å². The molecule has 0 spiro atoms. The van der Waals surface area contributed by atoms with E-state index >= 15 is 0 Å². The van der Waals surface area contributed by atoms with Crippen molar-refractivity contribution in [3.8, 4) is 0 Å². The quantitative estimate of drug-likeness (QED) is 0.772. The fourth-order valence-electron chi connectivity index (χ4n) is 1.74. The Balaban J connectivity index is 2.51. The Morgan fingerprint density at radius 2 is 1.80 bits per heavy atom. The van der Waals surface area contributed by atoms with E-state index in [1.807, 2.05) is 0 Å². The average molecular weight is 211 g/mol. The fraction of sp³-hybridized carbons (Fsp3) is 0.846. The summed E-state index contributed by atoms with van der Waals surface area (Å²) in [6, 6.07) is 0.497. The zero-order valence-corrected chi connectivity index (χ0v) is 10.6. The molecule has 0 amide bonds. The molecule has 0 radical (unpaired) electrons. The molecule has 1 aliphatic rings. The second-order valence-electron chi connectivity index (χ2n) is 5.33. The van der Waals surface area contributed by atoms with E-state index in [1.54, 1.807) is 0 Å². The van der Waals surface area contributed by atoms with Crippen molar-refractivity contribution in [2.75, 3.05) is 13.2 Å². The number of ether oxygens (including phenoxy) is 1. The summed E-state index contributed by atoms with van der Waals surface area (Å²) in [6.07, 6.45) is 2.17. The Labute approximate surface area is 94.1 Å². The van der Waals surface area contributed by atoms with Crippen LogP contribution in [0.5, 0.6) is 0 Å². The highest BCUT2D eigenvalue weighted by Gasteiger charge is 2.31. The SMILES string of the molecule is C=C(N[C@H](C)C(C)C)C1(C)CCOCC1. The van der Waals surface area contributed by atoms with Crippen LogP contribution in [-0.4, -0.2) is 19.3 Å². The Bertz CT molecular complexity index is 217. The van der Waals surface area contributed by atoms with Crippen LogP contribution in [0.25, 0.3) is 0 Å². The van der Waals surface area contributed by atoms with Gasteiger partial charge in [0.1, 0.15) is 0 Å². The molecule has 0 aromatic heterocycles. The Morgan fingerprint density at radius 3 is 2.27 bits per heavy atom. The van der Waals surface area contributed by atoms with E-state index in [1.165, 1.54) is 5.70 Å². The van der Waals surface area contributed by atoms with Gasteiger partial charge in [0, 0.05) is 30.4 Å². The molecule has 0 bridgehead atoms. The van der Waals surface area contributed by atoms with Gasteiger partial charge in [-0.2, -0.15) is 0 Å². The molecule has 0 aliphatic carbocycles. The first kappa shape index (κ1) is 12.6. The molecule has 88 valence electrons. The van der Waals surface area contributed by atoms with Crippen molar-refractivity contribution in [2.24, 2.45) is 11.3 Å². The molecular weight excluding hydrogens is 186 g/mol. The maximum Gasteiger partial charge on any atom is 0.0475 e. The standard InChI is InChI=1S/C13H25NO/c1-10(2)11(3)14-12(4)13(5)6-8-15-9-7-13/h10-11,14H,4,6-9H2,1-3,5H3/t11-/m1/s1. The van der Waals surface area contributed by atoms with Crippen LogP contribution in [0.3, 0.4) is 0 Å². The molecule has 0 saturated carbocycles. The minimum atomic E-state index is 0.224. The summed E-state index contributed by atoms with van der Waals surface area (Å²) in [5.74, 6) is 0.644. The molecule has 1 aliphatic heterocycles. The Kier molecular flexibility index (Phi) is 4.21. The first-order valence-corrected chi connectivity index (χ1v) is 5.99. The first-order chi connectivity index (χ1) is 6.96. The van der Waals surface area contributed by atoms with Gasteiger partial charge in [0.2, 0.25) is 0 Å². The van der Waals surface area contributed by atoms with Gasteiger partial charge in [-0.25, -0.2) is 0 Å². The molecular formula is C13H25NO. The van der Waals surface area contributed by atoms with Crippen LogP contribution < -0.4 is 5.32 Å². The van der Waals surface area contributed by atoms with Gasteiger partial charge in [-0.15, -0.1) is 0 Å². The lowest BCUT2D eigenvalue weighted by Crippen LogP contribution is -2.39. The van der Waals surface area contributed by atoms with Crippen LogP contribution >= 0.6 is 0 Å². The van der Waals surface area contributed by atoms with Crippen molar-refractivity contribution < 1.29 is 4.74 Å².